The molecule has 1 amide bonds. The van der Waals surface area contributed by atoms with Gasteiger partial charge in [0.05, 0.1) is 17.7 Å². The summed E-state index contributed by atoms with van der Waals surface area (Å²) in [6.45, 7) is 8.74. The number of aryl methyl sites for hydroxylation is 1. The number of hydrogen-bond acceptors (Lipinski definition) is 3. The second-order valence-corrected chi connectivity index (χ2v) is 6.07. The highest BCUT2D eigenvalue weighted by Crippen LogP contribution is 2.33. The van der Waals surface area contributed by atoms with Gasteiger partial charge in [-0.15, -0.1) is 0 Å². The molecular weight excluding hydrogens is 252 g/mol. The van der Waals surface area contributed by atoms with Crippen molar-refractivity contribution in [1.82, 2.24) is 14.5 Å². The molecule has 2 heterocycles. The number of carbonyl (C=O) groups is 1. The molecule has 20 heavy (non-hydrogen) atoms. The maximum atomic E-state index is 11.8. The Kier molecular flexibility index (Phi) is 4.18. The average Bonchev–Trinajstić information content (AvgIpc) is 2.66. The fourth-order valence-electron chi connectivity index (χ4n) is 3.15. The quantitative estimate of drug-likeness (QED) is 0.908. The molecule has 1 saturated heterocycles. The van der Waals surface area contributed by atoms with E-state index >= 15 is 0 Å². The molecule has 2 rings (SSSR count). The smallest absolute Gasteiger partial charge is 0.224 e. The first-order chi connectivity index (χ1) is 9.39. The van der Waals surface area contributed by atoms with E-state index in [0.717, 1.165) is 50.4 Å². The number of aromatic nitrogens is 2. The summed E-state index contributed by atoms with van der Waals surface area (Å²) in [6.07, 6.45) is 2.75. The first-order valence-corrected chi connectivity index (χ1v) is 7.40. The van der Waals surface area contributed by atoms with Crippen molar-refractivity contribution in [3.8, 4) is 0 Å². The van der Waals surface area contributed by atoms with Gasteiger partial charge < -0.3 is 10.3 Å². The third-order valence-electron chi connectivity index (χ3n) is 4.93. The Bertz CT molecular complexity index is 508. The van der Waals surface area contributed by atoms with Crippen LogP contribution in [0.15, 0.2) is 0 Å². The Labute approximate surface area is 121 Å². The summed E-state index contributed by atoms with van der Waals surface area (Å²) in [7, 11) is 2.05. The van der Waals surface area contributed by atoms with E-state index in [0.29, 0.717) is 0 Å². The fraction of sp³-hybridized carbons (Fsp3) is 0.733. The van der Waals surface area contributed by atoms with Crippen molar-refractivity contribution in [1.29, 1.82) is 0 Å². The molecule has 2 N–H and O–H groups in total. The molecule has 1 unspecified atom stereocenters. The zero-order valence-corrected chi connectivity index (χ0v) is 13.1. The summed E-state index contributed by atoms with van der Waals surface area (Å²) >= 11 is 0. The Balaban J connectivity index is 2.14. The zero-order valence-electron chi connectivity index (χ0n) is 13.1. The standard InChI is InChI=1S/C15H26N4O/c1-5-15(14(16)20)7-6-8-19(10-15)9-13-17-11(2)12(3)18(13)4/h5-10H2,1-4H3,(H2,16,20). The maximum Gasteiger partial charge on any atom is 0.224 e. The van der Waals surface area contributed by atoms with Crippen LogP contribution in [0.1, 0.15) is 43.4 Å². The number of amides is 1. The van der Waals surface area contributed by atoms with Crippen molar-refractivity contribution in [2.45, 2.75) is 46.6 Å². The molecule has 1 aliphatic rings. The molecular formula is C15H26N4O. The van der Waals surface area contributed by atoms with Gasteiger partial charge in [-0.25, -0.2) is 4.98 Å². The zero-order chi connectivity index (χ0) is 14.9. The number of nitrogens with two attached hydrogens (primary N) is 1. The molecule has 1 atom stereocenters. The normalized spacial score (nSPS) is 24.0. The minimum absolute atomic E-state index is 0.156. The van der Waals surface area contributed by atoms with Crippen molar-refractivity contribution < 1.29 is 4.79 Å². The summed E-state index contributed by atoms with van der Waals surface area (Å²) in [5.74, 6) is 0.910. The second-order valence-electron chi connectivity index (χ2n) is 6.07. The van der Waals surface area contributed by atoms with Crippen LogP contribution in [0, 0.1) is 19.3 Å². The number of piperidine rings is 1. The van der Waals surface area contributed by atoms with Crippen LogP contribution in [0.3, 0.4) is 0 Å². The SMILES string of the molecule is CCC1(C(N)=O)CCCN(Cc2nc(C)c(C)n2C)C1. The lowest BCUT2D eigenvalue weighted by Crippen LogP contribution is -2.50. The van der Waals surface area contributed by atoms with E-state index in [2.05, 4.69) is 35.3 Å². The summed E-state index contributed by atoms with van der Waals surface area (Å²) in [6, 6.07) is 0. The molecule has 0 bridgehead atoms. The molecule has 5 nitrogen and oxygen atoms in total. The van der Waals surface area contributed by atoms with Gasteiger partial charge in [0.2, 0.25) is 5.91 Å². The van der Waals surface area contributed by atoms with Gasteiger partial charge in [-0.05, 0) is 39.7 Å². The molecule has 1 aliphatic heterocycles. The van der Waals surface area contributed by atoms with Crippen LogP contribution in [0.2, 0.25) is 0 Å². The van der Waals surface area contributed by atoms with Gasteiger partial charge in [-0.2, -0.15) is 0 Å². The van der Waals surface area contributed by atoms with Crippen LogP contribution in [0.25, 0.3) is 0 Å². The third-order valence-corrected chi connectivity index (χ3v) is 4.93. The fourth-order valence-corrected chi connectivity index (χ4v) is 3.15. The second kappa shape index (κ2) is 5.56. The largest absolute Gasteiger partial charge is 0.369 e. The maximum absolute atomic E-state index is 11.8. The molecule has 0 spiro atoms. The third kappa shape index (κ3) is 2.59. The van der Waals surface area contributed by atoms with Crippen LogP contribution in [0.4, 0.5) is 0 Å². The predicted molar refractivity (Wildman–Crippen MR) is 79.1 cm³/mol. The van der Waals surface area contributed by atoms with Crippen LogP contribution < -0.4 is 5.73 Å². The highest BCUT2D eigenvalue weighted by molar-refractivity contribution is 5.81. The van der Waals surface area contributed by atoms with Crippen molar-refractivity contribution in [3.63, 3.8) is 0 Å². The number of carbonyl (C=O) groups excluding carboxylic acids is 1. The van der Waals surface area contributed by atoms with Crippen molar-refractivity contribution >= 4 is 5.91 Å². The molecule has 5 heteroatoms. The van der Waals surface area contributed by atoms with Gasteiger partial charge >= 0.3 is 0 Å². The topological polar surface area (TPSA) is 64.2 Å². The average molecular weight is 278 g/mol. The number of primary amides is 1. The Hall–Kier alpha value is -1.36. The minimum Gasteiger partial charge on any atom is -0.369 e. The molecule has 0 aromatic carbocycles. The number of nitrogens with zero attached hydrogens (tertiary/aromatic N) is 3. The molecule has 1 aromatic rings. The monoisotopic (exact) mass is 278 g/mol. The van der Waals surface area contributed by atoms with E-state index in [1.807, 2.05) is 6.92 Å². The van der Waals surface area contributed by atoms with Crippen molar-refractivity contribution in [2.75, 3.05) is 13.1 Å². The first kappa shape index (κ1) is 15.0. The van der Waals surface area contributed by atoms with E-state index in [-0.39, 0.29) is 11.3 Å². The summed E-state index contributed by atoms with van der Waals surface area (Å²) in [5, 5.41) is 0. The van der Waals surface area contributed by atoms with E-state index in [1.54, 1.807) is 0 Å². The minimum atomic E-state index is -0.354. The Morgan fingerprint density at radius 2 is 2.15 bits per heavy atom. The highest BCUT2D eigenvalue weighted by Gasteiger charge is 2.39. The highest BCUT2D eigenvalue weighted by atomic mass is 16.1. The molecule has 0 aliphatic carbocycles. The molecule has 1 fully saturated rings. The van der Waals surface area contributed by atoms with Gasteiger partial charge in [0, 0.05) is 19.3 Å². The van der Waals surface area contributed by atoms with Gasteiger partial charge in [0.15, 0.2) is 0 Å². The summed E-state index contributed by atoms with van der Waals surface area (Å²) in [4.78, 5) is 18.8. The van der Waals surface area contributed by atoms with Crippen LogP contribution in [-0.2, 0) is 18.4 Å². The predicted octanol–water partition coefficient (Wildman–Crippen LogP) is 1.51. The Morgan fingerprint density at radius 1 is 1.45 bits per heavy atom. The van der Waals surface area contributed by atoms with Gasteiger partial charge in [0.1, 0.15) is 5.82 Å². The van der Waals surface area contributed by atoms with Crippen molar-refractivity contribution in [3.05, 3.63) is 17.2 Å². The Morgan fingerprint density at radius 3 is 2.65 bits per heavy atom. The number of hydrogen-bond donors (Lipinski definition) is 1. The van der Waals surface area contributed by atoms with Crippen LogP contribution in [0.5, 0.6) is 0 Å². The molecule has 0 radical (unpaired) electrons. The van der Waals surface area contributed by atoms with E-state index in [9.17, 15) is 4.79 Å². The number of imidazole rings is 1. The summed E-state index contributed by atoms with van der Waals surface area (Å²) < 4.78 is 2.14. The van der Waals surface area contributed by atoms with Gasteiger partial charge in [-0.3, -0.25) is 9.69 Å². The molecule has 0 saturated carbocycles. The lowest BCUT2D eigenvalue weighted by atomic mass is 9.77. The number of rotatable bonds is 4. The number of likely N-dealkylation sites (tertiary alicyclic amines) is 1. The lowest BCUT2D eigenvalue weighted by molar-refractivity contribution is -0.131. The van der Waals surface area contributed by atoms with E-state index < -0.39 is 0 Å². The van der Waals surface area contributed by atoms with E-state index in [4.69, 9.17) is 5.73 Å². The molecule has 1 aromatic heterocycles. The van der Waals surface area contributed by atoms with Crippen LogP contribution >= 0.6 is 0 Å². The molecule has 112 valence electrons. The van der Waals surface area contributed by atoms with Crippen molar-refractivity contribution in [2.24, 2.45) is 18.2 Å². The van der Waals surface area contributed by atoms with Gasteiger partial charge in [-0.1, -0.05) is 6.92 Å². The first-order valence-electron chi connectivity index (χ1n) is 7.40. The summed E-state index contributed by atoms with van der Waals surface area (Å²) in [5.41, 5.74) is 7.57. The van der Waals surface area contributed by atoms with Gasteiger partial charge in [0.25, 0.3) is 0 Å². The van der Waals surface area contributed by atoms with Crippen LogP contribution in [-0.4, -0.2) is 33.4 Å². The lowest BCUT2D eigenvalue weighted by Gasteiger charge is -2.40. The van der Waals surface area contributed by atoms with E-state index in [1.165, 1.54) is 5.69 Å².